The fraction of sp³-hybridized carbons (Fsp3) is 0.400. The summed E-state index contributed by atoms with van der Waals surface area (Å²) in [5.41, 5.74) is -0.138. The van der Waals surface area contributed by atoms with Gasteiger partial charge in [0.1, 0.15) is 23.3 Å². The number of carbonyl (C=O) groups is 2. The number of ether oxygens (including phenoxy) is 1. The molecule has 2 amide bonds. The minimum Gasteiger partial charge on any atom is -0.485 e. The number of halogens is 1. The molecule has 9 heteroatoms. The minimum atomic E-state index is -1.12. The molecule has 0 unspecified atom stereocenters. The van der Waals surface area contributed by atoms with Gasteiger partial charge in [0.15, 0.2) is 5.96 Å². The van der Waals surface area contributed by atoms with Gasteiger partial charge in [-0.2, -0.15) is 0 Å². The number of nitrogens with one attached hydrogen (secondary N) is 3. The number of aliphatic hydroxyl groups excluding tert-OH is 1. The number of benzene rings is 2. The fourth-order valence-corrected chi connectivity index (χ4v) is 4.34. The lowest BCUT2D eigenvalue weighted by Crippen LogP contribution is -2.59. The van der Waals surface area contributed by atoms with Gasteiger partial charge in [-0.25, -0.2) is 4.39 Å². The van der Waals surface area contributed by atoms with E-state index < -0.39 is 35.0 Å². The van der Waals surface area contributed by atoms with Gasteiger partial charge in [-0.1, -0.05) is 12.1 Å². The van der Waals surface area contributed by atoms with E-state index in [1.807, 2.05) is 13.8 Å². The van der Waals surface area contributed by atoms with E-state index in [1.54, 1.807) is 38.1 Å². The maximum atomic E-state index is 13.9. The summed E-state index contributed by atoms with van der Waals surface area (Å²) >= 11 is 0. The Morgan fingerprint density at radius 2 is 2.00 bits per heavy atom. The van der Waals surface area contributed by atoms with E-state index in [9.17, 15) is 19.1 Å². The number of amides is 2. The van der Waals surface area contributed by atoms with Crippen LogP contribution in [0.15, 0.2) is 42.5 Å². The van der Waals surface area contributed by atoms with Crippen molar-refractivity contribution in [1.29, 1.82) is 5.41 Å². The predicted octanol–water partition coefficient (Wildman–Crippen LogP) is 2.86. The van der Waals surface area contributed by atoms with Crippen LogP contribution in [-0.4, -0.2) is 45.0 Å². The van der Waals surface area contributed by atoms with Crippen molar-refractivity contribution in [3.63, 3.8) is 0 Å². The van der Waals surface area contributed by atoms with Crippen molar-refractivity contribution in [2.24, 2.45) is 0 Å². The number of nitrogens with zero attached hydrogens (tertiary/aromatic N) is 1. The summed E-state index contributed by atoms with van der Waals surface area (Å²) in [4.78, 5) is 27.0. The van der Waals surface area contributed by atoms with Gasteiger partial charge in [0.2, 0.25) is 5.91 Å². The molecule has 0 radical (unpaired) electrons. The van der Waals surface area contributed by atoms with E-state index in [1.165, 1.54) is 23.1 Å². The molecule has 2 aromatic carbocycles. The van der Waals surface area contributed by atoms with Crippen LogP contribution in [0.3, 0.4) is 0 Å². The highest BCUT2D eigenvalue weighted by Crippen LogP contribution is 2.40. The zero-order valence-electron chi connectivity index (χ0n) is 19.6. The van der Waals surface area contributed by atoms with Gasteiger partial charge < -0.3 is 20.5 Å². The molecule has 34 heavy (non-hydrogen) atoms. The fourth-order valence-electron chi connectivity index (χ4n) is 4.34. The molecule has 2 aromatic rings. The predicted molar refractivity (Wildman–Crippen MR) is 124 cm³/mol. The minimum absolute atomic E-state index is 0.0160. The zero-order chi connectivity index (χ0) is 24.8. The largest absolute Gasteiger partial charge is 0.485 e. The molecule has 2 atom stereocenters. The molecule has 4 rings (SSSR count). The average Bonchev–Trinajstić information content (AvgIpc) is 2.74. The summed E-state index contributed by atoms with van der Waals surface area (Å²) in [5.74, 6) is -0.718. The number of carbonyl (C=O) groups excluding carboxylic acids is 2. The maximum Gasteiger partial charge on any atom is 0.251 e. The lowest BCUT2D eigenvalue weighted by Gasteiger charge is -2.42. The second-order valence-corrected chi connectivity index (χ2v) is 10.00. The van der Waals surface area contributed by atoms with Crippen LogP contribution in [0.1, 0.15) is 61.6 Å². The van der Waals surface area contributed by atoms with Crippen LogP contribution >= 0.6 is 0 Å². The summed E-state index contributed by atoms with van der Waals surface area (Å²) in [6.45, 7) is 7.26. The summed E-state index contributed by atoms with van der Waals surface area (Å²) in [5, 5.41) is 24.9. The molecule has 0 saturated carbocycles. The standard InChI is InChI=1S/C25H29FN4O4/c1-24(2)12-19(31)30(23(27)29-24)13-14-6-5-7-15(10-14)22(33)28-20-17-11-16(26)8-9-18(17)34-25(3,4)21(20)32/h5-11,20-21,32H,12-13H2,1-4H3,(H2,27,29)(H,28,33)/t20-,21+/m1/s1. The van der Waals surface area contributed by atoms with E-state index in [-0.39, 0.29) is 24.8 Å². The molecule has 2 aliphatic rings. The van der Waals surface area contributed by atoms with Crippen LogP contribution in [0, 0.1) is 11.2 Å². The monoisotopic (exact) mass is 468 g/mol. The van der Waals surface area contributed by atoms with Crippen LogP contribution in [0.25, 0.3) is 0 Å². The Kier molecular flexibility index (Phi) is 5.85. The molecule has 180 valence electrons. The van der Waals surface area contributed by atoms with E-state index in [0.717, 1.165) is 0 Å². The highest BCUT2D eigenvalue weighted by Gasteiger charge is 2.44. The number of hydrogen-bond acceptors (Lipinski definition) is 5. The van der Waals surface area contributed by atoms with Crippen LogP contribution < -0.4 is 15.4 Å². The van der Waals surface area contributed by atoms with E-state index in [2.05, 4.69) is 10.6 Å². The zero-order valence-corrected chi connectivity index (χ0v) is 19.6. The number of rotatable bonds is 4. The van der Waals surface area contributed by atoms with E-state index in [0.29, 0.717) is 22.4 Å². The van der Waals surface area contributed by atoms with Gasteiger partial charge in [0.25, 0.3) is 5.91 Å². The highest BCUT2D eigenvalue weighted by molar-refractivity contribution is 5.99. The summed E-state index contributed by atoms with van der Waals surface area (Å²) < 4.78 is 19.7. The SMILES string of the molecule is CC1(C)CC(=O)N(Cc2cccc(C(=O)N[C@@H]3c4cc(F)ccc4OC(C)(C)[C@H]3O)c2)C(=N)N1. The lowest BCUT2D eigenvalue weighted by molar-refractivity contribution is -0.130. The number of hydrogen-bond donors (Lipinski definition) is 4. The normalized spacial score (nSPS) is 22.9. The lowest BCUT2D eigenvalue weighted by atomic mass is 9.86. The second kappa shape index (κ2) is 8.39. The van der Waals surface area contributed by atoms with Gasteiger partial charge in [0, 0.05) is 23.1 Å². The molecule has 1 fully saturated rings. The number of fused-ring (bicyclic) bond motifs is 1. The second-order valence-electron chi connectivity index (χ2n) is 10.00. The van der Waals surface area contributed by atoms with Crippen molar-refractivity contribution in [1.82, 2.24) is 15.5 Å². The van der Waals surface area contributed by atoms with Gasteiger partial charge in [-0.15, -0.1) is 0 Å². The van der Waals surface area contributed by atoms with Gasteiger partial charge >= 0.3 is 0 Å². The number of aliphatic hydroxyl groups is 1. The summed E-state index contributed by atoms with van der Waals surface area (Å²) in [7, 11) is 0. The average molecular weight is 469 g/mol. The third-order valence-corrected chi connectivity index (χ3v) is 6.15. The van der Waals surface area contributed by atoms with Gasteiger partial charge in [0.05, 0.1) is 12.6 Å². The quantitative estimate of drug-likeness (QED) is 0.551. The molecule has 0 spiro atoms. The van der Waals surface area contributed by atoms with Crippen molar-refractivity contribution < 1.29 is 23.8 Å². The molecule has 0 aliphatic carbocycles. The first-order valence-electron chi connectivity index (χ1n) is 11.1. The molecule has 8 nitrogen and oxygen atoms in total. The molecular formula is C25H29FN4O4. The molecule has 0 bridgehead atoms. The Labute approximate surface area is 197 Å². The summed E-state index contributed by atoms with van der Waals surface area (Å²) in [6.07, 6.45) is -0.863. The van der Waals surface area contributed by atoms with Gasteiger partial charge in [-0.05, 0) is 63.6 Å². The smallest absolute Gasteiger partial charge is 0.251 e. The van der Waals surface area contributed by atoms with Crippen LogP contribution in [0.5, 0.6) is 5.75 Å². The molecule has 2 heterocycles. The molecule has 2 aliphatic heterocycles. The topological polar surface area (TPSA) is 115 Å². The summed E-state index contributed by atoms with van der Waals surface area (Å²) in [6, 6.07) is 9.84. The van der Waals surface area contributed by atoms with Crippen molar-refractivity contribution in [2.45, 2.75) is 63.9 Å². The molecule has 0 aromatic heterocycles. The van der Waals surface area contributed by atoms with Gasteiger partial charge in [-0.3, -0.25) is 19.9 Å². The Morgan fingerprint density at radius 3 is 2.71 bits per heavy atom. The van der Waals surface area contributed by atoms with Crippen LogP contribution in [0.4, 0.5) is 4.39 Å². The van der Waals surface area contributed by atoms with Crippen LogP contribution in [0.2, 0.25) is 0 Å². The maximum absolute atomic E-state index is 13.9. The first-order valence-corrected chi connectivity index (χ1v) is 11.1. The number of guanidine groups is 1. The van der Waals surface area contributed by atoms with Crippen molar-refractivity contribution in [3.8, 4) is 5.75 Å². The van der Waals surface area contributed by atoms with Crippen molar-refractivity contribution in [2.75, 3.05) is 0 Å². The Balaban J connectivity index is 1.55. The molecule has 4 N–H and O–H groups in total. The Bertz CT molecular complexity index is 1140. The Hall–Kier alpha value is -3.46. The molecular weight excluding hydrogens is 439 g/mol. The van der Waals surface area contributed by atoms with Crippen LogP contribution in [-0.2, 0) is 11.3 Å². The third-order valence-electron chi connectivity index (χ3n) is 6.15. The molecule has 1 saturated heterocycles. The first kappa shape index (κ1) is 23.7. The van der Waals surface area contributed by atoms with Crippen molar-refractivity contribution >= 4 is 17.8 Å². The third kappa shape index (κ3) is 4.61. The Morgan fingerprint density at radius 1 is 1.26 bits per heavy atom. The highest BCUT2D eigenvalue weighted by atomic mass is 19.1. The first-order chi connectivity index (χ1) is 15.9. The van der Waals surface area contributed by atoms with E-state index >= 15 is 0 Å². The van der Waals surface area contributed by atoms with E-state index in [4.69, 9.17) is 10.1 Å². The van der Waals surface area contributed by atoms with Crippen molar-refractivity contribution in [3.05, 3.63) is 65.0 Å².